The van der Waals surface area contributed by atoms with Crippen molar-refractivity contribution in [3.05, 3.63) is 41.4 Å². The van der Waals surface area contributed by atoms with Crippen molar-refractivity contribution in [2.24, 2.45) is 0 Å². The lowest BCUT2D eigenvalue weighted by atomic mass is 10.2. The standard InChI is InChI=1S/C11H14O/c1-9(2)5-4-6-11-7-8-12-10(11)3/h4-8H,1-3H3. The SMILES string of the molecule is CC(C)=CC=Cc1ccoc1C. The van der Waals surface area contributed by atoms with Crippen LogP contribution in [0.4, 0.5) is 0 Å². The van der Waals surface area contributed by atoms with Crippen molar-refractivity contribution < 1.29 is 4.42 Å². The molecule has 0 aliphatic carbocycles. The summed E-state index contributed by atoms with van der Waals surface area (Å²) >= 11 is 0. The van der Waals surface area contributed by atoms with Gasteiger partial charge in [0.2, 0.25) is 0 Å². The molecule has 0 saturated heterocycles. The van der Waals surface area contributed by atoms with Crippen LogP contribution in [0, 0.1) is 6.92 Å². The molecule has 0 bridgehead atoms. The maximum atomic E-state index is 5.15. The number of hydrogen-bond donors (Lipinski definition) is 0. The molecule has 1 aromatic heterocycles. The Morgan fingerprint density at radius 2 is 2.17 bits per heavy atom. The molecule has 0 aliphatic rings. The van der Waals surface area contributed by atoms with E-state index in [0.29, 0.717) is 0 Å². The summed E-state index contributed by atoms with van der Waals surface area (Å²) in [7, 11) is 0. The number of aryl methyl sites for hydroxylation is 1. The minimum atomic E-state index is 0.966. The largest absolute Gasteiger partial charge is 0.469 e. The minimum Gasteiger partial charge on any atom is -0.469 e. The molecule has 1 rings (SSSR count). The van der Waals surface area contributed by atoms with Crippen molar-refractivity contribution in [2.75, 3.05) is 0 Å². The predicted molar refractivity (Wildman–Crippen MR) is 51.9 cm³/mol. The molecule has 1 heterocycles. The second-order valence-corrected chi connectivity index (χ2v) is 3.04. The van der Waals surface area contributed by atoms with Gasteiger partial charge in [0.05, 0.1) is 6.26 Å². The van der Waals surface area contributed by atoms with Crippen molar-refractivity contribution in [1.29, 1.82) is 0 Å². The van der Waals surface area contributed by atoms with Crippen LogP contribution in [-0.4, -0.2) is 0 Å². The van der Waals surface area contributed by atoms with Crippen LogP contribution in [0.2, 0.25) is 0 Å². The molecule has 1 heteroatoms. The highest BCUT2D eigenvalue weighted by Gasteiger charge is 1.93. The van der Waals surface area contributed by atoms with Gasteiger partial charge >= 0.3 is 0 Å². The summed E-state index contributed by atoms with van der Waals surface area (Å²) in [5.74, 6) is 0.966. The number of furan rings is 1. The average Bonchev–Trinajstić information content (AvgIpc) is 2.36. The van der Waals surface area contributed by atoms with E-state index in [-0.39, 0.29) is 0 Å². The molecule has 12 heavy (non-hydrogen) atoms. The Balaban J connectivity index is 2.70. The van der Waals surface area contributed by atoms with Crippen LogP contribution in [0.1, 0.15) is 25.2 Å². The molecule has 0 N–H and O–H groups in total. The highest BCUT2D eigenvalue weighted by Crippen LogP contribution is 2.10. The lowest BCUT2D eigenvalue weighted by Gasteiger charge is -1.86. The maximum Gasteiger partial charge on any atom is 0.107 e. The quantitative estimate of drug-likeness (QED) is 0.606. The van der Waals surface area contributed by atoms with Gasteiger partial charge < -0.3 is 4.42 Å². The van der Waals surface area contributed by atoms with Gasteiger partial charge in [-0.15, -0.1) is 0 Å². The molecule has 0 radical (unpaired) electrons. The van der Waals surface area contributed by atoms with Gasteiger partial charge in [-0.2, -0.15) is 0 Å². The van der Waals surface area contributed by atoms with E-state index < -0.39 is 0 Å². The fourth-order valence-corrected chi connectivity index (χ4v) is 0.912. The van der Waals surface area contributed by atoms with E-state index in [4.69, 9.17) is 4.42 Å². The molecular weight excluding hydrogens is 148 g/mol. The summed E-state index contributed by atoms with van der Waals surface area (Å²) in [4.78, 5) is 0. The van der Waals surface area contributed by atoms with Gasteiger partial charge in [0.15, 0.2) is 0 Å². The molecule has 0 fully saturated rings. The summed E-state index contributed by atoms with van der Waals surface area (Å²) in [6.07, 6.45) is 7.86. The van der Waals surface area contributed by atoms with E-state index in [1.54, 1.807) is 6.26 Å². The molecule has 1 nitrogen and oxygen atoms in total. The topological polar surface area (TPSA) is 13.1 Å². The zero-order valence-corrected chi connectivity index (χ0v) is 7.79. The maximum absolute atomic E-state index is 5.15. The Morgan fingerprint density at radius 3 is 2.67 bits per heavy atom. The van der Waals surface area contributed by atoms with E-state index in [1.807, 2.05) is 25.1 Å². The second kappa shape index (κ2) is 3.96. The van der Waals surface area contributed by atoms with Gasteiger partial charge in [-0.05, 0) is 26.8 Å². The van der Waals surface area contributed by atoms with Gasteiger partial charge in [-0.3, -0.25) is 0 Å². The molecular formula is C11H14O. The Morgan fingerprint density at radius 1 is 1.42 bits per heavy atom. The van der Waals surface area contributed by atoms with Crippen molar-refractivity contribution in [1.82, 2.24) is 0 Å². The second-order valence-electron chi connectivity index (χ2n) is 3.04. The Labute approximate surface area is 73.4 Å². The van der Waals surface area contributed by atoms with Crippen LogP contribution in [0.5, 0.6) is 0 Å². The van der Waals surface area contributed by atoms with E-state index in [2.05, 4.69) is 19.9 Å². The van der Waals surface area contributed by atoms with E-state index >= 15 is 0 Å². The summed E-state index contributed by atoms with van der Waals surface area (Å²) in [5.41, 5.74) is 2.44. The smallest absolute Gasteiger partial charge is 0.107 e. The number of rotatable bonds is 2. The van der Waals surface area contributed by atoms with Crippen LogP contribution >= 0.6 is 0 Å². The van der Waals surface area contributed by atoms with Gasteiger partial charge in [0.25, 0.3) is 0 Å². The molecule has 1 aromatic rings. The first kappa shape index (κ1) is 8.85. The fourth-order valence-electron chi connectivity index (χ4n) is 0.912. The van der Waals surface area contributed by atoms with Gasteiger partial charge in [-0.1, -0.05) is 23.8 Å². The Hall–Kier alpha value is -1.24. The zero-order chi connectivity index (χ0) is 8.97. The first-order valence-corrected chi connectivity index (χ1v) is 4.06. The van der Waals surface area contributed by atoms with E-state index in [9.17, 15) is 0 Å². The summed E-state index contributed by atoms with van der Waals surface area (Å²) in [6, 6.07) is 1.96. The molecule has 0 aromatic carbocycles. The van der Waals surface area contributed by atoms with Gasteiger partial charge in [0, 0.05) is 5.56 Å². The normalized spacial score (nSPS) is 10.6. The number of hydrogen-bond acceptors (Lipinski definition) is 1. The fraction of sp³-hybridized carbons (Fsp3) is 0.273. The molecule has 0 aliphatic heterocycles. The molecule has 0 amide bonds. The van der Waals surface area contributed by atoms with Crippen molar-refractivity contribution in [3.8, 4) is 0 Å². The monoisotopic (exact) mass is 162 g/mol. The van der Waals surface area contributed by atoms with Crippen molar-refractivity contribution in [2.45, 2.75) is 20.8 Å². The lowest BCUT2D eigenvalue weighted by Crippen LogP contribution is -1.68. The highest BCUT2D eigenvalue weighted by atomic mass is 16.3. The molecule has 0 atom stereocenters. The third-order valence-electron chi connectivity index (χ3n) is 1.60. The summed E-state index contributed by atoms with van der Waals surface area (Å²) in [6.45, 7) is 6.11. The lowest BCUT2D eigenvalue weighted by molar-refractivity contribution is 0.533. The van der Waals surface area contributed by atoms with Crippen molar-refractivity contribution >= 4 is 6.08 Å². The molecule has 0 spiro atoms. The van der Waals surface area contributed by atoms with Gasteiger partial charge in [-0.25, -0.2) is 0 Å². The van der Waals surface area contributed by atoms with E-state index in [0.717, 1.165) is 11.3 Å². The Bertz CT molecular complexity index is 299. The third kappa shape index (κ3) is 2.42. The van der Waals surface area contributed by atoms with Crippen molar-refractivity contribution in [3.63, 3.8) is 0 Å². The van der Waals surface area contributed by atoms with Crippen LogP contribution in [-0.2, 0) is 0 Å². The average molecular weight is 162 g/mol. The number of allylic oxidation sites excluding steroid dienone is 3. The third-order valence-corrected chi connectivity index (χ3v) is 1.60. The molecule has 0 saturated carbocycles. The van der Waals surface area contributed by atoms with Crippen LogP contribution in [0.25, 0.3) is 6.08 Å². The van der Waals surface area contributed by atoms with Crippen LogP contribution in [0.3, 0.4) is 0 Å². The first-order valence-electron chi connectivity index (χ1n) is 4.06. The molecule has 64 valence electrons. The highest BCUT2D eigenvalue weighted by molar-refractivity contribution is 5.52. The summed E-state index contributed by atoms with van der Waals surface area (Å²) in [5, 5.41) is 0. The zero-order valence-electron chi connectivity index (χ0n) is 7.79. The predicted octanol–water partition coefficient (Wildman–Crippen LogP) is 3.57. The Kier molecular flexibility index (Phi) is 2.92. The molecule has 0 unspecified atom stereocenters. The summed E-state index contributed by atoms with van der Waals surface area (Å²) < 4.78 is 5.15. The van der Waals surface area contributed by atoms with E-state index in [1.165, 1.54) is 5.57 Å². The van der Waals surface area contributed by atoms with Crippen LogP contribution in [0.15, 0.2) is 34.5 Å². The van der Waals surface area contributed by atoms with Crippen LogP contribution < -0.4 is 0 Å². The van der Waals surface area contributed by atoms with Gasteiger partial charge in [0.1, 0.15) is 5.76 Å². The first-order chi connectivity index (χ1) is 5.70. The minimum absolute atomic E-state index is 0.966.